The molecule has 0 saturated heterocycles. The van der Waals surface area contributed by atoms with Crippen molar-refractivity contribution < 1.29 is 14.3 Å². The van der Waals surface area contributed by atoms with Crippen LogP contribution in [-0.2, 0) is 4.74 Å². The highest BCUT2D eigenvalue weighted by molar-refractivity contribution is 7.14. The molecular formula is C15H15NO3S. The van der Waals surface area contributed by atoms with Gasteiger partial charge < -0.3 is 10.1 Å². The van der Waals surface area contributed by atoms with Gasteiger partial charge in [-0.2, -0.15) is 0 Å². The van der Waals surface area contributed by atoms with Crippen molar-refractivity contribution in [1.82, 2.24) is 0 Å². The average Bonchev–Trinajstić information content (AvgIpc) is 2.86. The molecule has 0 radical (unpaired) electrons. The molecule has 0 spiro atoms. The highest BCUT2D eigenvalue weighted by Crippen LogP contribution is 2.17. The molecule has 0 atom stereocenters. The first kappa shape index (κ1) is 14.3. The van der Waals surface area contributed by atoms with E-state index < -0.39 is 0 Å². The zero-order valence-corrected chi connectivity index (χ0v) is 12.1. The van der Waals surface area contributed by atoms with Gasteiger partial charge in [-0.15, -0.1) is 11.3 Å². The van der Waals surface area contributed by atoms with Crippen LogP contribution in [-0.4, -0.2) is 18.5 Å². The highest BCUT2D eigenvalue weighted by Gasteiger charge is 2.09. The Morgan fingerprint density at radius 3 is 2.40 bits per heavy atom. The van der Waals surface area contributed by atoms with Gasteiger partial charge in [0, 0.05) is 10.6 Å². The molecule has 1 amide bonds. The monoisotopic (exact) mass is 289 g/mol. The number of nitrogens with one attached hydrogen (secondary N) is 1. The normalized spacial score (nSPS) is 10.1. The second-order valence-electron chi connectivity index (χ2n) is 4.16. The number of benzene rings is 1. The molecule has 0 aliphatic heterocycles. The van der Waals surface area contributed by atoms with Gasteiger partial charge in [0.25, 0.3) is 5.91 Å². The van der Waals surface area contributed by atoms with Crippen molar-refractivity contribution in [3.05, 3.63) is 51.7 Å². The van der Waals surface area contributed by atoms with E-state index >= 15 is 0 Å². The molecule has 4 nitrogen and oxygen atoms in total. The fraction of sp³-hybridized carbons (Fsp3) is 0.200. The van der Waals surface area contributed by atoms with Gasteiger partial charge >= 0.3 is 5.97 Å². The summed E-state index contributed by atoms with van der Waals surface area (Å²) in [6.07, 6.45) is 0. The molecule has 0 aliphatic rings. The Morgan fingerprint density at radius 1 is 1.15 bits per heavy atom. The molecule has 5 heteroatoms. The molecule has 2 aromatic rings. The Bertz CT molecular complexity index is 616. The molecule has 20 heavy (non-hydrogen) atoms. The summed E-state index contributed by atoms with van der Waals surface area (Å²) in [4.78, 5) is 25.2. The first-order valence-electron chi connectivity index (χ1n) is 6.25. The minimum absolute atomic E-state index is 0.146. The van der Waals surface area contributed by atoms with Crippen molar-refractivity contribution in [3.63, 3.8) is 0 Å². The molecule has 1 heterocycles. The molecule has 104 valence electrons. The van der Waals surface area contributed by atoms with E-state index in [1.54, 1.807) is 37.3 Å². The van der Waals surface area contributed by atoms with Crippen LogP contribution >= 0.6 is 11.3 Å². The fourth-order valence-corrected chi connectivity index (χ4v) is 2.42. The zero-order valence-electron chi connectivity index (χ0n) is 11.3. The Labute approximate surface area is 121 Å². The van der Waals surface area contributed by atoms with Crippen molar-refractivity contribution in [3.8, 4) is 0 Å². The van der Waals surface area contributed by atoms with Crippen LogP contribution in [0.15, 0.2) is 36.4 Å². The zero-order chi connectivity index (χ0) is 14.5. The maximum absolute atomic E-state index is 12.0. The van der Waals surface area contributed by atoms with Gasteiger partial charge in [-0.3, -0.25) is 4.79 Å². The van der Waals surface area contributed by atoms with Crippen molar-refractivity contribution in [2.24, 2.45) is 0 Å². The molecule has 0 aliphatic carbocycles. The molecule has 0 bridgehead atoms. The lowest BCUT2D eigenvalue weighted by atomic mass is 10.2. The Morgan fingerprint density at radius 2 is 1.85 bits per heavy atom. The molecule has 0 unspecified atom stereocenters. The lowest BCUT2D eigenvalue weighted by Gasteiger charge is -2.05. The Kier molecular flexibility index (Phi) is 4.53. The average molecular weight is 289 g/mol. The molecule has 2 rings (SSSR count). The van der Waals surface area contributed by atoms with Crippen LogP contribution in [0.5, 0.6) is 0 Å². The van der Waals surface area contributed by atoms with Gasteiger partial charge in [0.15, 0.2) is 0 Å². The summed E-state index contributed by atoms with van der Waals surface area (Å²) in [5.41, 5.74) is 1.12. The van der Waals surface area contributed by atoms with Gasteiger partial charge in [-0.05, 0) is 50.2 Å². The summed E-state index contributed by atoms with van der Waals surface area (Å²) in [6.45, 7) is 4.06. The summed E-state index contributed by atoms with van der Waals surface area (Å²) in [5, 5.41) is 2.79. The summed E-state index contributed by atoms with van der Waals surface area (Å²) < 4.78 is 4.90. The number of amides is 1. The van der Waals surface area contributed by atoms with Crippen LogP contribution in [0.1, 0.15) is 31.8 Å². The predicted octanol–water partition coefficient (Wildman–Crippen LogP) is 3.49. The van der Waals surface area contributed by atoms with Gasteiger partial charge in [0.1, 0.15) is 0 Å². The van der Waals surface area contributed by atoms with Gasteiger partial charge in [0.05, 0.1) is 17.0 Å². The maximum atomic E-state index is 12.0. The minimum Gasteiger partial charge on any atom is -0.462 e. The lowest BCUT2D eigenvalue weighted by molar-refractivity contribution is 0.0526. The van der Waals surface area contributed by atoms with Crippen molar-refractivity contribution in [1.29, 1.82) is 0 Å². The Hall–Kier alpha value is -2.14. The van der Waals surface area contributed by atoms with Crippen molar-refractivity contribution >= 4 is 28.9 Å². The van der Waals surface area contributed by atoms with Gasteiger partial charge in [0.2, 0.25) is 0 Å². The largest absolute Gasteiger partial charge is 0.462 e. The number of thiophene rings is 1. The van der Waals surface area contributed by atoms with E-state index in [9.17, 15) is 9.59 Å². The van der Waals surface area contributed by atoms with E-state index in [0.29, 0.717) is 22.7 Å². The third-order valence-corrected chi connectivity index (χ3v) is 3.62. The van der Waals surface area contributed by atoms with Crippen LogP contribution in [0.25, 0.3) is 0 Å². The minimum atomic E-state index is -0.362. The number of hydrogen-bond acceptors (Lipinski definition) is 4. The predicted molar refractivity (Wildman–Crippen MR) is 79.4 cm³/mol. The molecule has 1 aromatic carbocycles. The first-order chi connectivity index (χ1) is 9.60. The van der Waals surface area contributed by atoms with E-state index in [4.69, 9.17) is 4.74 Å². The van der Waals surface area contributed by atoms with Gasteiger partial charge in [-0.25, -0.2) is 4.79 Å². The molecular weight excluding hydrogens is 274 g/mol. The highest BCUT2D eigenvalue weighted by atomic mass is 32.1. The molecule has 0 saturated carbocycles. The van der Waals surface area contributed by atoms with Crippen LogP contribution in [0.4, 0.5) is 5.69 Å². The summed E-state index contributed by atoms with van der Waals surface area (Å²) in [5.74, 6) is -0.508. The fourth-order valence-electron chi connectivity index (χ4n) is 1.65. The second-order valence-corrected chi connectivity index (χ2v) is 5.45. The first-order valence-corrected chi connectivity index (χ1v) is 7.06. The van der Waals surface area contributed by atoms with Crippen molar-refractivity contribution in [2.75, 3.05) is 11.9 Å². The smallest absolute Gasteiger partial charge is 0.338 e. The Balaban J connectivity index is 2.04. The number of ether oxygens (including phenoxy) is 1. The standard InChI is InChI=1S/C15H15NO3S/c1-3-19-15(18)11-5-7-12(8-6-11)16-14(17)13-9-4-10(2)20-13/h4-9H,3H2,1-2H3,(H,16,17). The van der Waals surface area contributed by atoms with Crippen LogP contribution in [0.3, 0.4) is 0 Å². The number of carbonyl (C=O) groups is 2. The van der Waals surface area contributed by atoms with Crippen LogP contribution in [0.2, 0.25) is 0 Å². The number of esters is 1. The molecule has 0 fully saturated rings. The maximum Gasteiger partial charge on any atom is 0.338 e. The number of carbonyl (C=O) groups excluding carboxylic acids is 2. The third kappa shape index (κ3) is 3.45. The molecule has 1 aromatic heterocycles. The topological polar surface area (TPSA) is 55.4 Å². The van der Waals surface area contributed by atoms with Crippen molar-refractivity contribution in [2.45, 2.75) is 13.8 Å². The van der Waals surface area contributed by atoms with E-state index in [-0.39, 0.29) is 11.9 Å². The molecule has 1 N–H and O–H groups in total. The number of aryl methyl sites for hydroxylation is 1. The SMILES string of the molecule is CCOC(=O)c1ccc(NC(=O)c2ccc(C)s2)cc1. The van der Waals surface area contributed by atoms with E-state index in [2.05, 4.69) is 5.32 Å². The van der Waals surface area contributed by atoms with E-state index in [0.717, 1.165) is 4.88 Å². The number of hydrogen-bond donors (Lipinski definition) is 1. The third-order valence-electron chi connectivity index (χ3n) is 2.62. The van der Waals surface area contributed by atoms with Gasteiger partial charge in [-0.1, -0.05) is 0 Å². The number of rotatable bonds is 4. The summed E-state index contributed by atoms with van der Waals surface area (Å²) in [7, 11) is 0. The summed E-state index contributed by atoms with van der Waals surface area (Å²) in [6, 6.07) is 10.3. The van der Waals surface area contributed by atoms with Crippen LogP contribution in [0, 0.1) is 6.92 Å². The summed E-state index contributed by atoms with van der Waals surface area (Å²) >= 11 is 1.44. The van der Waals surface area contributed by atoms with E-state index in [1.165, 1.54) is 11.3 Å². The quantitative estimate of drug-likeness (QED) is 0.877. The van der Waals surface area contributed by atoms with E-state index in [1.807, 2.05) is 13.0 Å². The second kappa shape index (κ2) is 6.34. The lowest BCUT2D eigenvalue weighted by Crippen LogP contribution is -2.10. The number of anilines is 1. The van der Waals surface area contributed by atoms with Crippen LogP contribution < -0.4 is 5.32 Å².